The van der Waals surface area contributed by atoms with Gasteiger partial charge in [0.25, 0.3) is 10.0 Å². The molecule has 3 aromatic rings. The topological polar surface area (TPSA) is 86.8 Å². The van der Waals surface area contributed by atoms with Crippen LogP contribution in [0.3, 0.4) is 0 Å². The lowest BCUT2D eigenvalue weighted by atomic mass is 10.0. The summed E-state index contributed by atoms with van der Waals surface area (Å²) in [4.78, 5) is 29.1. The van der Waals surface area contributed by atoms with E-state index in [1.54, 1.807) is 48.5 Å². The summed E-state index contributed by atoms with van der Waals surface area (Å²) >= 11 is 12.4. The largest absolute Gasteiger partial charge is 0.350 e. The van der Waals surface area contributed by atoms with Crippen molar-refractivity contribution in [2.45, 2.75) is 76.9 Å². The Kier molecular flexibility index (Phi) is 11.1. The van der Waals surface area contributed by atoms with Crippen LogP contribution in [0.4, 0.5) is 5.69 Å². The van der Waals surface area contributed by atoms with Gasteiger partial charge in [0.1, 0.15) is 12.6 Å². The first-order valence-corrected chi connectivity index (χ1v) is 16.1. The highest BCUT2D eigenvalue weighted by molar-refractivity contribution is 7.92. The SMILES string of the molecule is CC[C@@H](C(=O)NC(C)(C)C)N(Cc1ccc(Cl)c(Cl)c1)C(=O)CN(c1ccc(C(C)C)cc1)S(=O)(=O)c1ccccc1. The van der Waals surface area contributed by atoms with Gasteiger partial charge >= 0.3 is 0 Å². The van der Waals surface area contributed by atoms with Crippen molar-refractivity contribution in [2.24, 2.45) is 0 Å². The maximum Gasteiger partial charge on any atom is 0.264 e. The summed E-state index contributed by atoms with van der Waals surface area (Å²) in [6.07, 6.45) is 0.309. The fraction of sp³-hybridized carbons (Fsp3) is 0.375. The Morgan fingerprint density at radius 1 is 0.905 bits per heavy atom. The highest BCUT2D eigenvalue weighted by atomic mass is 35.5. The molecule has 226 valence electrons. The fourth-order valence-corrected chi connectivity index (χ4v) is 6.24. The number of amides is 2. The number of halogens is 2. The van der Waals surface area contributed by atoms with Gasteiger partial charge in [0, 0.05) is 12.1 Å². The van der Waals surface area contributed by atoms with Crippen molar-refractivity contribution in [2.75, 3.05) is 10.8 Å². The number of nitrogens with zero attached hydrogens (tertiary/aromatic N) is 2. The molecule has 0 saturated carbocycles. The molecule has 0 aliphatic rings. The summed E-state index contributed by atoms with van der Waals surface area (Å²) in [5.41, 5.74) is 1.49. The number of nitrogens with one attached hydrogen (secondary N) is 1. The van der Waals surface area contributed by atoms with Crippen LogP contribution < -0.4 is 9.62 Å². The number of sulfonamides is 1. The van der Waals surface area contributed by atoms with Crippen LogP contribution in [-0.2, 0) is 26.2 Å². The first-order valence-electron chi connectivity index (χ1n) is 13.9. The summed E-state index contributed by atoms with van der Waals surface area (Å²) in [7, 11) is -4.14. The number of benzene rings is 3. The minimum absolute atomic E-state index is 0.0251. The number of carbonyl (C=O) groups is 2. The number of anilines is 1. The zero-order valence-electron chi connectivity index (χ0n) is 24.9. The molecule has 2 amide bonds. The lowest BCUT2D eigenvalue weighted by Gasteiger charge is -2.35. The Morgan fingerprint density at radius 2 is 1.52 bits per heavy atom. The molecule has 0 radical (unpaired) electrons. The maximum absolute atomic E-state index is 14.2. The number of rotatable bonds is 11. The van der Waals surface area contributed by atoms with Crippen LogP contribution in [0.1, 0.15) is 65.0 Å². The van der Waals surface area contributed by atoms with E-state index in [-0.39, 0.29) is 23.3 Å². The standard InChI is InChI=1S/C32H39Cl2N3O4S/c1-7-29(31(39)35-32(4,5)6)36(20-23-13-18-27(33)28(34)19-23)30(38)21-37(25-16-14-24(15-17-25)22(2)3)42(40,41)26-11-9-8-10-12-26/h8-19,22,29H,7,20-21H2,1-6H3,(H,35,39)/t29-/m0/s1. The van der Waals surface area contributed by atoms with Gasteiger partial charge in [0.15, 0.2) is 0 Å². The molecule has 0 fully saturated rings. The van der Waals surface area contributed by atoms with E-state index in [0.717, 1.165) is 9.87 Å². The van der Waals surface area contributed by atoms with Crippen molar-refractivity contribution in [3.05, 3.63) is 94.0 Å². The van der Waals surface area contributed by atoms with Gasteiger partial charge in [-0.1, -0.05) is 80.4 Å². The third-order valence-electron chi connectivity index (χ3n) is 6.68. The Hall–Kier alpha value is -3.07. The van der Waals surface area contributed by atoms with Crippen LogP contribution in [0.2, 0.25) is 10.0 Å². The summed E-state index contributed by atoms with van der Waals surface area (Å²) < 4.78 is 29.0. The van der Waals surface area contributed by atoms with Crippen molar-refractivity contribution in [3.8, 4) is 0 Å². The molecular weight excluding hydrogens is 593 g/mol. The predicted molar refractivity (Wildman–Crippen MR) is 170 cm³/mol. The second-order valence-electron chi connectivity index (χ2n) is 11.5. The van der Waals surface area contributed by atoms with Gasteiger partial charge in [-0.15, -0.1) is 0 Å². The van der Waals surface area contributed by atoms with Crippen LogP contribution >= 0.6 is 23.2 Å². The Bertz CT molecular complexity index is 1490. The van der Waals surface area contributed by atoms with Crippen molar-refractivity contribution in [3.63, 3.8) is 0 Å². The molecule has 7 nitrogen and oxygen atoms in total. The average Bonchev–Trinajstić information content (AvgIpc) is 2.93. The van der Waals surface area contributed by atoms with E-state index in [9.17, 15) is 18.0 Å². The molecule has 0 heterocycles. The van der Waals surface area contributed by atoms with E-state index in [2.05, 4.69) is 5.32 Å². The molecule has 0 aromatic heterocycles. The molecule has 0 saturated heterocycles. The molecule has 0 aliphatic carbocycles. The van der Waals surface area contributed by atoms with Crippen LogP contribution in [0.15, 0.2) is 77.7 Å². The van der Waals surface area contributed by atoms with Crippen LogP contribution in [0.25, 0.3) is 0 Å². The summed E-state index contributed by atoms with van der Waals surface area (Å²) in [6, 6.07) is 19.2. The summed E-state index contributed by atoms with van der Waals surface area (Å²) in [5.74, 6) is -0.630. The van der Waals surface area contributed by atoms with Crippen LogP contribution in [0, 0.1) is 0 Å². The lowest BCUT2D eigenvalue weighted by molar-refractivity contribution is -0.141. The minimum atomic E-state index is -4.14. The van der Waals surface area contributed by atoms with E-state index in [4.69, 9.17) is 23.2 Å². The highest BCUT2D eigenvalue weighted by Gasteiger charge is 2.34. The molecule has 1 atom stereocenters. The first kappa shape index (κ1) is 33.4. The van der Waals surface area contributed by atoms with Crippen molar-refractivity contribution in [1.82, 2.24) is 10.2 Å². The van der Waals surface area contributed by atoms with E-state index in [0.29, 0.717) is 27.7 Å². The van der Waals surface area contributed by atoms with Gasteiger partial charge in [-0.2, -0.15) is 0 Å². The number of carbonyl (C=O) groups excluding carboxylic acids is 2. The maximum atomic E-state index is 14.2. The van der Waals surface area contributed by atoms with E-state index in [1.807, 2.05) is 53.7 Å². The molecule has 10 heteroatoms. The van der Waals surface area contributed by atoms with Gasteiger partial charge < -0.3 is 10.2 Å². The molecule has 0 bridgehead atoms. The predicted octanol–water partition coefficient (Wildman–Crippen LogP) is 7.03. The van der Waals surface area contributed by atoms with Crippen molar-refractivity contribution >= 4 is 50.7 Å². The quantitative estimate of drug-likeness (QED) is 0.246. The number of hydrogen-bond acceptors (Lipinski definition) is 4. The number of hydrogen-bond donors (Lipinski definition) is 1. The van der Waals surface area contributed by atoms with Gasteiger partial charge in [0.05, 0.1) is 20.6 Å². The van der Waals surface area contributed by atoms with E-state index in [1.165, 1.54) is 17.0 Å². The average molecular weight is 633 g/mol. The Morgan fingerprint density at radius 3 is 2.05 bits per heavy atom. The van der Waals surface area contributed by atoms with Crippen molar-refractivity contribution < 1.29 is 18.0 Å². The second-order valence-corrected chi connectivity index (χ2v) is 14.2. The monoisotopic (exact) mass is 631 g/mol. The van der Waals surface area contributed by atoms with E-state index < -0.39 is 34.1 Å². The van der Waals surface area contributed by atoms with Crippen LogP contribution in [0.5, 0.6) is 0 Å². The fourth-order valence-electron chi connectivity index (χ4n) is 4.48. The molecule has 3 aromatic carbocycles. The molecule has 1 N–H and O–H groups in total. The third-order valence-corrected chi connectivity index (χ3v) is 9.21. The second kappa shape index (κ2) is 13.9. The van der Waals surface area contributed by atoms with E-state index >= 15 is 0 Å². The summed E-state index contributed by atoms with van der Waals surface area (Å²) in [6.45, 7) is 11.0. The smallest absolute Gasteiger partial charge is 0.264 e. The summed E-state index contributed by atoms with van der Waals surface area (Å²) in [5, 5.41) is 3.63. The molecule has 42 heavy (non-hydrogen) atoms. The third kappa shape index (κ3) is 8.49. The van der Waals surface area contributed by atoms with Gasteiger partial charge in [-0.25, -0.2) is 8.42 Å². The van der Waals surface area contributed by atoms with Gasteiger partial charge in [-0.3, -0.25) is 13.9 Å². The zero-order valence-corrected chi connectivity index (χ0v) is 27.2. The molecule has 0 unspecified atom stereocenters. The lowest BCUT2D eigenvalue weighted by Crippen LogP contribution is -2.55. The Labute approximate surface area is 259 Å². The Balaban J connectivity index is 2.09. The molecular formula is C32H39Cl2N3O4S. The molecule has 0 spiro atoms. The zero-order chi connectivity index (χ0) is 31.2. The molecule has 0 aliphatic heterocycles. The molecule has 3 rings (SSSR count). The normalized spacial score (nSPS) is 12.6. The van der Waals surface area contributed by atoms with Gasteiger partial charge in [-0.05, 0) is 80.6 Å². The van der Waals surface area contributed by atoms with Crippen molar-refractivity contribution in [1.29, 1.82) is 0 Å². The minimum Gasteiger partial charge on any atom is -0.350 e. The van der Waals surface area contributed by atoms with Gasteiger partial charge in [0.2, 0.25) is 11.8 Å². The first-order chi connectivity index (χ1) is 19.6. The highest BCUT2D eigenvalue weighted by Crippen LogP contribution is 2.28. The van der Waals surface area contributed by atoms with Crippen LogP contribution in [-0.4, -0.2) is 43.3 Å².